The highest BCUT2D eigenvalue weighted by molar-refractivity contribution is 7.22. The number of halogens is 1. The zero-order valence-electron chi connectivity index (χ0n) is 15.8. The lowest BCUT2D eigenvalue weighted by molar-refractivity contribution is 0.0984. The number of benzene rings is 3. The molecule has 0 aliphatic carbocycles. The van der Waals surface area contributed by atoms with Gasteiger partial charge in [0, 0.05) is 5.56 Å². The van der Waals surface area contributed by atoms with Gasteiger partial charge in [-0.1, -0.05) is 53.8 Å². The van der Waals surface area contributed by atoms with E-state index in [1.165, 1.54) is 29.5 Å². The van der Waals surface area contributed by atoms with Gasteiger partial charge in [0.05, 0.1) is 17.9 Å². The second-order valence-electron chi connectivity index (χ2n) is 6.42. The highest BCUT2D eigenvalue weighted by Crippen LogP contribution is 2.35. The van der Waals surface area contributed by atoms with E-state index in [0.29, 0.717) is 24.0 Å². The lowest BCUT2D eigenvalue weighted by atomic mass is 10.1. The van der Waals surface area contributed by atoms with Crippen molar-refractivity contribution in [3.8, 4) is 5.75 Å². The van der Waals surface area contributed by atoms with E-state index in [1.807, 2.05) is 55.5 Å². The fourth-order valence-electron chi connectivity index (χ4n) is 3.07. The maximum atomic E-state index is 13.7. The largest absolute Gasteiger partial charge is 0.492 e. The number of nitrogens with zero attached hydrogens (tertiary/aromatic N) is 2. The number of thiazole rings is 1. The van der Waals surface area contributed by atoms with Gasteiger partial charge in [0.15, 0.2) is 5.13 Å². The number of carbonyl (C=O) groups excluding carboxylic acids is 1. The van der Waals surface area contributed by atoms with Gasteiger partial charge < -0.3 is 4.74 Å². The Hall–Kier alpha value is -3.25. The van der Waals surface area contributed by atoms with Crippen molar-refractivity contribution in [3.05, 3.63) is 89.7 Å². The molecule has 0 radical (unpaired) electrons. The molecule has 6 heteroatoms. The summed E-state index contributed by atoms with van der Waals surface area (Å²) in [6.07, 6.45) is 0. The van der Waals surface area contributed by atoms with Gasteiger partial charge in [-0.25, -0.2) is 9.37 Å². The highest BCUT2D eigenvalue weighted by Gasteiger charge is 2.23. The third-order valence-corrected chi connectivity index (χ3v) is 5.45. The monoisotopic (exact) mass is 406 g/mol. The van der Waals surface area contributed by atoms with Gasteiger partial charge in [-0.05, 0) is 42.8 Å². The summed E-state index contributed by atoms with van der Waals surface area (Å²) in [7, 11) is 0. The maximum Gasteiger partial charge on any atom is 0.260 e. The molecule has 0 aliphatic rings. The van der Waals surface area contributed by atoms with Crippen molar-refractivity contribution in [1.82, 2.24) is 4.98 Å². The molecule has 0 spiro atoms. The van der Waals surface area contributed by atoms with Crippen LogP contribution in [0.25, 0.3) is 10.2 Å². The average molecular weight is 406 g/mol. The van der Waals surface area contributed by atoms with E-state index in [9.17, 15) is 9.18 Å². The molecular weight excluding hydrogens is 387 g/mol. The Morgan fingerprint density at radius 3 is 2.62 bits per heavy atom. The van der Waals surface area contributed by atoms with E-state index in [0.717, 1.165) is 15.8 Å². The lowest BCUT2D eigenvalue weighted by Crippen LogP contribution is -2.30. The molecule has 0 fully saturated rings. The quantitative estimate of drug-likeness (QED) is 0.414. The Kier molecular flexibility index (Phi) is 5.53. The minimum Gasteiger partial charge on any atom is -0.492 e. The zero-order valence-corrected chi connectivity index (χ0v) is 16.7. The molecule has 0 aliphatic heterocycles. The Morgan fingerprint density at radius 2 is 1.86 bits per heavy atom. The topological polar surface area (TPSA) is 42.4 Å². The Morgan fingerprint density at radius 1 is 1.07 bits per heavy atom. The van der Waals surface area contributed by atoms with Crippen LogP contribution in [0, 0.1) is 5.82 Å². The third-order valence-electron chi connectivity index (χ3n) is 4.40. The van der Waals surface area contributed by atoms with Crippen LogP contribution in [0.2, 0.25) is 0 Å². The molecule has 1 heterocycles. The van der Waals surface area contributed by atoms with Crippen molar-refractivity contribution < 1.29 is 13.9 Å². The summed E-state index contributed by atoms with van der Waals surface area (Å²) in [5, 5.41) is 0.547. The molecule has 0 atom stereocenters. The summed E-state index contributed by atoms with van der Waals surface area (Å²) in [5.74, 6) is -0.0609. The van der Waals surface area contributed by atoms with Gasteiger partial charge in [0.25, 0.3) is 5.91 Å². The first-order valence-electron chi connectivity index (χ1n) is 9.29. The van der Waals surface area contributed by atoms with Crippen LogP contribution in [0.3, 0.4) is 0 Å². The first-order chi connectivity index (χ1) is 14.2. The predicted molar refractivity (Wildman–Crippen MR) is 114 cm³/mol. The normalized spacial score (nSPS) is 10.8. The number of amides is 1. The van der Waals surface area contributed by atoms with Crippen molar-refractivity contribution in [2.75, 3.05) is 11.5 Å². The van der Waals surface area contributed by atoms with E-state index in [4.69, 9.17) is 9.72 Å². The van der Waals surface area contributed by atoms with Crippen LogP contribution >= 0.6 is 11.3 Å². The number of para-hydroxylation sites is 1. The van der Waals surface area contributed by atoms with E-state index < -0.39 is 5.82 Å². The summed E-state index contributed by atoms with van der Waals surface area (Å²) in [5.41, 5.74) is 1.96. The molecule has 4 nitrogen and oxygen atoms in total. The molecule has 0 unspecified atom stereocenters. The van der Waals surface area contributed by atoms with E-state index in [-0.39, 0.29) is 11.5 Å². The predicted octanol–water partition coefficient (Wildman–Crippen LogP) is 5.68. The average Bonchev–Trinajstić information content (AvgIpc) is 3.17. The number of fused-ring (bicyclic) bond motifs is 1. The van der Waals surface area contributed by atoms with Crippen molar-refractivity contribution >= 4 is 32.6 Å². The number of hydrogen-bond donors (Lipinski definition) is 0. The number of hydrogen-bond acceptors (Lipinski definition) is 4. The molecule has 29 heavy (non-hydrogen) atoms. The van der Waals surface area contributed by atoms with Crippen LogP contribution in [-0.4, -0.2) is 17.5 Å². The van der Waals surface area contributed by atoms with Crippen LogP contribution < -0.4 is 9.64 Å². The molecule has 0 saturated heterocycles. The maximum absolute atomic E-state index is 13.7. The fraction of sp³-hybridized carbons (Fsp3) is 0.130. The molecule has 4 aromatic rings. The standard InChI is InChI=1S/C23H19FN2O2S/c1-2-28-19-12-7-13-20-21(19)25-23(29-20)26(15-16-8-4-3-5-9-16)22(27)17-10-6-11-18(24)14-17/h3-14H,2,15H2,1H3. The van der Waals surface area contributed by atoms with Crippen LogP contribution in [0.1, 0.15) is 22.8 Å². The van der Waals surface area contributed by atoms with Gasteiger partial charge in [-0.15, -0.1) is 0 Å². The molecule has 0 bridgehead atoms. The van der Waals surface area contributed by atoms with Gasteiger partial charge in [-0.2, -0.15) is 0 Å². The molecule has 0 saturated carbocycles. The summed E-state index contributed by atoms with van der Waals surface area (Å²) < 4.78 is 20.3. The smallest absolute Gasteiger partial charge is 0.260 e. The number of rotatable bonds is 6. The van der Waals surface area contributed by atoms with E-state index >= 15 is 0 Å². The second-order valence-corrected chi connectivity index (χ2v) is 7.43. The van der Waals surface area contributed by atoms with Crippen molar-refractivity contribution in [1.29, 1.82) is 0 Å². The highest BCUT2D eigenvalue weighted by atomic mass is 32.1. The van der Waals surface area contributed by atoms with Crippen molar-refractivity contribution in [2.24, 2.45) is 0 Å². The van der Waals surface area contributed by atoms with Gasteiger partial charge in [0.2, 0.25) is 0 Å². The molecule has 1 aromatic heterocycles. The summed E-state index contributed by atoms with van der Waals surface area (Å²) in [6, 6.07) is 21.1. The Bertz CT molecular complexity index is 1140. The van der Waals surface area contributed by atoms with Crippen molar-refractivity contribution in [2.45, 2.75) is 13.5 Å². The third kappa shape index (κ3) is 4.12. The number of ether oxygens (including phenoxy) is 1. The zero-order chi connectivity index (χ0) is 20.2. The molecular formula is C23H19FN2O2S. The van der Waals surface area contributed by atoms with Gasteiger partial charge in [0.1, 0.15) is 17.1 Å². The summed E-state index contributed by atoms with van der Waals surface area (Å²) in [6.45, 7) is 2.78. The van der Waals surface area contributed by atoms with Crippen molar-refractivity contribution in [3.63, 3.8) is 0 Å². The van der Waals surface area contributed by atoms with Crippen LogP contribution in [0.4, 0.5) is 9.52 Å². The lowest BCUT2D eigenvalue weighted by Gasteiger charge is -2.20. The van der Waals surface area contributed by atoms with Crippen LogP contribution in [0.5, 0.6) is 5.75 Å². The van der Waals surface area contributed by atoms with Crippen LogP contribution in [0.15, 0.2) is 72.8 Å². The SMILES string of the molecule is CCOc1cccc2sc(N(Cc3ccccc3)C(=O)c3cccc(F)c3)nc12. The van der Waals surface area contributed by atoms with Gasteiger partial charge in [-0.3, -0.25) is 9.69 Å². The minimum atomic E-state index is -0.446. The number of anilines is 1. The van der Waals surface area contributed by atoms with Crippen LogP contribution in [-0.2, 0) is 6.54 Å². The first-order valence-corrected chi connectivity index (χ1v) is 10.1. The second kappa shape index (κ2) is 8.41. The Balaban J connectivity index is 1.78. The number of aromatic nitrogens is 1. The summed E-state index contributed by atoms with van der Waals surface area (Å²) in [4.78, 5) is 19.6. The Labute approximate surface area is 172 Å². The number of carbonyl (C=O) groups is 1. The molecule has 3 aromatic carbocycles. The fourth-order valence-corrected chi connectivity index (χ4v) is 4.05. The van der Waals surface area contributed by atoms with E-state index in [2.05, 4.69) is 0 Å². The summed E-state index contributed by atoms with van der Waals surface area (Å²) >= 11 is 1.41. The molecule has 0 N–H and O–H groups in total. The van der Waals surface area contributed by atoms with E-state index in [1.54, 1.807) is 11.0 Å². The molecule has 1 amide bonds. The van der Waals surface area contributed by atoms with Gasteiger partial charge >= 0.3 is 0 Å². The molecule has 4 rings (SSSR count). The first kappa shape index (κ1) is 19.1. The minimum absolute atomic E-state index is 0.283. The molecule has 146 valence electrons.